The highest BCUT2D eigenvalue weighted by molar-refractivity contribution is 5.88. The SMILES string of the molecule is CC(=C\C(C)O)/C=C(\C)C(=O)OC(C)(C)C. The van der Waals surface area contributed by atoms with Crippen LogP contribution in [0, 0.1) is 0 Å². The average Bonchev–Trinajstić information content (AvgIpc) is 1.98. The van der Waals surface area contributed by atoms with Crippen LogP contribution in [0.25, 0.3) is 0 Å². The Hall–Kier alpha value is -1.09. The zero-order chi connectivity index (χ0) is 12.9. The van der Waals surface area contributed by atoms with Gasteiger partial charge in [-0.25, -0.2) is 4.79 Å². The molecule has 0 aromatic carbocycles. The molecule has 0 aromatic rings. The lowest BCUT2D eigenvalue weighted by atomic mass is 10.1. The maximum atomic E-state index is 11.6. The normalized spacial score (nSPS) is 15.9. The summed E-state index contributed by atoms with van der Waals surface area (Å²) in [5.74, 6) is -0.328. The molecule has 0 fully saturated rings. The van der Waals surface area contributed by atoms with E-state index < -0.39 is 11.7 Å². The molecular weight excluding hydrogens is 204 g/mol. The van der Waals surface area contributed by atoms with Gasteiger partial charge in [0.25, 0.3) is 0 Å². The maximum absolute atomic E-state index is 11.6. The van der Waals surface area contributed by atoms with E-state index >= 15 is 0 Å². The molecule has 16 heavy (non-hydrogen) atoms. The van der Waals surface area contributed by atoms with Gasteiger partial charge in [0.1, 0.15) is 5.60 Å². The zero-order valence-corrected chi connectivity index (χ0v) is 11.0. The van der Waals surface area contributed by atoms with Gasteiger partial charge in [0, 0.05) is 5.57 Å². The highest BCUT2D eigenvalue weighted by atomic mass is 16.6. The molecule has 0 aliphatic rings. The van der Waals surface area contributed by atoms with Crippen molar-refractivity contribution in [2.45, 2.75) is 53.2 Å². The molecule has 3 heteroatoms. The van der Waals surface area contributed by atoms with Crippen molar-refractivity contribution < 1.29 is 14.6 Å². The van der Waals surface area contributed by atoms with Crippen LogP contribution in [0.1, 0.15) is 41.5 Å². The van der Waals surface area contributed by atoms with Gasteiger partial charge in [0.05, 0.1) is 6.10 Å². The number of hydrogen-bond acceptors (Lipinski definition) is 3. The quantitative estimate of drug-likeness (QED) is 0.457. The maximum Gasteiger partial charge on any atom is 0.334 e. The molecule has 0 heterocycles. The summed E-state index contributed by atoms with van der Waals surface area (Å²) in [6.45, 7) is 10.7. The molecule has 1 unspecified atom stereocenters. The molecule has 0 rings (SSSR count). The predicted molar refractivity (Wildman–Crippen MR) is 65.0 cm³/mol. The van der Waals surface area contributed by atoms with Crippen molar-refractivity contribution in [2.24, 2.45) is 0 Å². The van der Waals surface area contributed by atoms with E-state index in [0.29, 0.717) is 5.57 Å². The van der Waals surface area contributed by atoms with E-state index in [0.717, 1.165) is 5.57 Å². The molecule has 92 valence electrons. The summed E-state index contributed by atoms with van der Waals surface area (Å²) < 4.78 is 5.21. The lowest BCUT2D eigenvalue weighted by Gasteiger charge is -2.19. The molecule has 0 amide bonds. The lowest BCUT2D eigenvalue weighted by Crippen LogP contribution is -2.24. The van der Waals surface area contributed by atoms with Crippen LogP contribution in [0.5, 0.6) is 0 Å². The van der Waals surface area contributed by atoms with Crippen LogP contribution >= 0.6 is 0 Å². The van der Waals surface area contributed by atoms with Crippen LogP contribution < -0.4 is 0 Å². The molecule has 0 spiro atoms. The van der Waals surface area contributed by atoms with Crippen molar-refractivity contribution >= 4 is 5.97 Å². The third-order valence-electron chi connectivity index (χ3n) is 1.67. The van der Waals surface area contributed by atoms with Crippen molar-refractivity contribution in [3.8, 4) is 0 Å². The monoisotopic (exact) mass is 226 g/mol. The van der Waals surface area contributed by atoms with Crippen LogP contribution in [-0.2, 0) is 9.53 Å². The Kier molecular flexibility index (Phi) is 5.45. The van der Waals surface area contributed by atoms with Crippen LogP contribution in [0.3, 0.4) is 0 Å². The van der Waals surface area contributed by atoms with Gasteiger partial charge in [-0.3, -0.25) is 0 Å². The van der Waals surface area contributed by atoms with Crippen LogP contribution in [0.15, 0.2) is 23.3 Å². The van der Waals surface area contributed by atoms with E-state index in [1.807, 2.05) is 27.7 Å². The largest absolute Gasteiger partial charge is 0.457 e. The molecule has 0 aliphatic carbocycles. The summed E-state index contributed by atoms with van der Waals surface area (Å²) in [6, 6.07) is 0. The third-order valence-corrected chi connectivity index (χ3v) is 1.67. The third kappa shape index (κ3) is 7.23. The second-order valence-electron chi connectivity index (χ2n) is 4.98. The molecule has 0 aliphatic heterocycles. The summed E-state index contributed by atoms with van der Waals surface area (Å²) >= 11 is 0. The smallest absolute Gasteiger partial charge is 0.334 e. The fraction of sp³-hybridized carbons (Fsp3) is 0.615. The van der Waals surface area contributed by atoms with Gasteiger partial charge in [0.15, 0.2) is 0 Å². The van der Waals surface area contributed by atoms with Gasteiger partial charge in [-0.2, -0.15) is 0 Å². The lowest BCUT2D eigenvalue weighted by molar-refractivity contribution is -0.149. The number of rotatable bonds is 3. The molecule has 0 radical (unpaired) electrons. The van der Waals surface area contributed by atoms with Crippen molar-refractivity contribution in [3.63, 3.8) is 0 Å². The van der Waals surface area contributed by atoms with Crippen molar-refractivity contribution in [1.29, 1.82) is 0 Å². The second-order valence-corrected chi connectivity index (χ2v) is 4.98. The molecule has 0 saturated heterocycles. The van der Waals surface area contributed by atoms with Crippen LogP contribution in [0.2, 0.25) is 0 Å². The summed E-state index contributed by atoms with van der Waals surface area (Å²) in [6.07, 6.45) is 2.87. The van der Waals surface area contributed by atoms with Crippen molar-refractivity contribution in [3.05, 3.63) is 23.3 Å². The van der Waals surface area contributed by atoms with Crippen LogP contribution in [0.4, 0.5) is 0 Å². The molecule has 1 atom stereocenters. The molecule has 1 N–H and O–H groups in total. The summed E-state index contributed by atoms with van der Waals surface area (Å²) in [4.78, 5) is 11.6. The molecule has 0 bridgehead atoms. The van der Waals surface area contributed by atoms with E-state index in [2.05, 4.69) is 0 Å². The first kappa shape index (κ1) is 14.9. The zero-order valence-electron chi connectivity index (χ0n) is 11.0. The van der Waals surface area contributed by atoms with Crippen molar-refractivity contribution in [2.75, 3.05) is 0 Å². The standard InChI is InChI=1S/C13H22O3/c1-9(8-11(3)14)7-10(2)12(15)16-13(4,5)6/h7-8,11,14H,1-6H3/b9-8+,10-7+. The van der Waals surface area contributed by atoms with Gasteiger partial charge in [-0.15, -0.1) is 0 Å². The minimum absolute atomic E-state index is 0.328. The van der Waals surface area contributed by atoms with Gasteiger partial charge < -0.3 is 9.84 Å². The first-order valence-corrected chi connectivity index (χ1v) is 5.40. The first-order valence-electron chi connectivity index (χ1n) is 5.40. The van der Waals surface area contributed by atoms with E-state index in [4.69, 9.17) is 9.84 Å². The number of ether oxygens (including phenoxy) is 1. The fourth-order valence-corrected chi connectivity index (χ4v) is 1.19. The molecular formula is C13H22O3. The average molecular weight is 226 g/mol. The van der Waals surface area contributed by atoms with Gasteiger partial charge in [0.2, 0.25) is 0 Å². The Morgan fingerprint density at radius 1 is 1.31 bits per heavy atom. The fourth-order valence-electron chi connectivity index (χ4n) is 1.19. The Labute approximate surface area is 97.8 Å². The number of hydrogen-bond donors (Lipinski definition) is 1. The second kappa shape index (κ2) is 5.85. The molecule has 0 saturated carbocycles. The number of allylic oxidation sites excluding steroid dienone is 2. The van der Waals surface area contributed by atoms with E-state index in [-0.39, 0.29) is 5.97 Å². The Balaban J connectivity index is 4.62. The van der Waals surface area contributed by atoms with E-state index in [1.165, 1.54) is 0 Å². The Morgan fingerprint density at radius 3 is 2.19 bits per heavy atom. The number of carbonyl (C=O) groups is 1. The first-order chi connectivity index (χ1) is 7.11. The Bertz CT molecular complexity index is 304. The van der Waals surface area contributed by atoms with Crippen LogP contribution in [-0.4, -0.2) is 22.8 Å². The Morgan fingerprint density at radius 2 is 1.81 bits per heavy atom. The van der Waals surface area contributed by atoms with Crippen molar-refractivity contribution in [1.82, 2.24) is 0 Å². The topological polar surface area (TPSA) is 46.5 Å². The van der Waals surface area contributed by atoms with E-state index in [1.54, 1.807) is 26.0 Å². The summed E-state index contributed by atoms with van der Waals surface area (Å²) in [7, 11) is 0. The highest BCUT2D eigenvalue weighted by Crippen LogP contribution is 2.12. The number of aliphatic hydroxyl groups is 1. The van der Waals surface area contributed by atoms with E-state index in [9.17, 15) is 4.79 Å². The van der Waals surface area contributed by atoms with Gasteiger partial charge in [-0.05, 0) is 47.6 Å². The molecule has 0 aromatic heterocycles. The van der Waals surface area contributed by atoms with Gasteiger partial charge in [-0.1, -0.05) is 11.6 Å². The predicted octanol–water partition coefficient (Wildman–Crippen LogP) is 2.60. The number of carbonyl (C=O) groups excluding carboxylic acids is 1. The molecule has 3 nitrogen and oxygen atoms in total. The minimum Gasteiger partial charge on any atom is -0.457 e. The summed E-state index contributed by atoms with van der Waals surface area (Å²) in [5.41, 5.74) is 0.899. The number of esters is 1. The summed E-state index contributed by atoms with van der Waals surface area (Å²) in [5, 5.41) is 9.14. The number of aliphatic hydroxyl groups excluding tert-OH is 1. The highest BCUT2D eigenvalue weighted by Gasteiger charge is 2.17. The minimum atomic E-state index is -0.511. The van der Waals surface area contributed by atoms with Gasteiger partial charge >= 0.3 is 5.97 Å².